The highest BCUT2D eigenvalue weighted by Gasteiger charge is 2.04. The van der Waals surface area contributed by atoms with Crippen molar-refractivity contribution in [3.63, 3.8) is 0 Å². The van der Waals surface area contributed by atoms with E-state index in [-0.39, 0.29) is 5.43 Å². The van der Waals surface area contributed by atoms with Crippen LogP contribution in [0.5, 0.6) is 5.88 Å². The van der Waals surface area contributed by atoms with Crippen molar-refractivity contribution >= 4 is 22.5 Å². The van der Waals surface area contributed by atoms with Crippen LogP contribution in [0.1, 0.15) is 0 Å². The molecule has 0 spiro atoms. The zero-order valence-corrected chi connectivity index (χ0v) is 8.26. The van der Waals surface area contributed by atoms with E-state index in [0.29, 0.717) is 21.8 Å². The topological polar surface area (TPSA) is 42.1 Å². The normalized spacial score (nSPS) is 10.4. The summed E-state index contributed by atoms with van der Waals surface area (Å²) >= 11 is 5.93. The fourth-order valence-corrected chi connectivity index (χ4v) is 1.54. The third-order valence-electron chi connectivity index (χ3n) is 2.01. The van der Waals surface area contributed by atoms with Crippen LogP contribution in [0.15, 0.2) is 29.1 Å². The van der Waals surface area contributed by atoms with Gasteiger partial charge in [0.2, 0.25) is 0 Å². The van der Waals surface area contributed by atoms with Crippen molar-refractivity contribution in [2.45, 2.75) is 0 Å². The number of aromatic amines is 1. The van der Waals surface area contributed by atoms with Crippen molar-refractivity contribution in [1.29, 1.82) is 0 Å². The van der Waals surface area contributed by atoms with Gasteiger partial charge >= 0.3 is 0 Å². The molecule has 0 aliphatic carbocycles. The summed E-state index contributed by atoms with van der Waals surface area (Å²) in [6.07, 6.45) is 0. The number of hydrogen-bond acceptors (Lipinski definition) is 2. The Labute approximate surface area is 85.3 Å². The molecule has 4 heteroatoms. The van der Waals surface area contributed by atoms with Gasteiger partial charge < -0.3 is 9.72 Å². The number of rotatable bonds is 1. The van der Waals surface area contributed by atoms with E-state index in [0.717, 1.165) is 0 Å². The van der Waals surface area contributed by atoms with Gasteiger partial charge in [-0.2, -0.15) is 0 Å². The maximum absolute atomic E-state index is 11.6. The second-order valence-electron chi connectivity index (χ2n) is 2.86. The van der Waals surface area contributed by atoms with E-state index in [9.17, 15) is 4.79 Å². The Morgan fingerprint density at radius 1 is 1.43 bits per heavy atom. The summed E-state index contributed by atoms with van der Waals surface area (Å²) < 4.78 is 4.94. The predicted molar refractivity (Wildman–Crippen MR) is 56.1 cm³/mol. The van der Waals surface area contributed by atoms with Crippen molar-refractivity contribution in [3.8, 4) is 5.88 Å². The highest BCUT2D eigenvalue weighted by molar-refractivity contribution is 6.35. The summed E-state index contributed by atoms with van der Waals surface area (Å²) in [4.78, 5) is 14.5. The number of para-hydroxylation sites is 1. The van der Waals surface area contributed by atoms with E-state index in [1.165, 1.54) is 13.2 Å². The van der Waals surface area contributed by atoms with Gasteiger partial charge in [0.1, 0.15) is 0 Å². The molecule has 72 valence electrons. The van der Waals surface area contributed by atoms with Crippen LogP contribution in [0, 0.1) is 0 Å². The number of H-pyrrole nitrogens is 1. The molecule has 0 radical (unpaired) electrons. The fraction of sp³-hybridized carbons (Fsp3) is 0.100. The molecule has 0 aliphatic rings. The number of benzene rings is 1. The molecule has 14 heavy (non-hydrogen) atoms. The Kier molecular flexibility index (Phi) is 2.17. The smallest absolute Gasteiger partial charge is 0.194 e. The van der Waals surface area contributed by atoms with Crippen molar-refractivity contribution in [2.24, 2.45) is 0 Å². The van der Waals surface area contributed by atoms with E-state index >= 15 is 0 Å². The third kappa shape index (κ3) is 1.36. The largest absolute Gasteiger partial charge is 0.482 e. The second kappa shape index (κ2) is 3.35. The highest BCUT2D eigenvalue weighted by Crippen LogP contribution is 2.20. The zero-order valence-electron chi connectivity index (χ0n) is 7.50. The summed E-state index contributed by atoms with van der Waals surface area (Å²) in [5, 5.41) is 1.08. The minimum atomic E-state index is -0.0990. The lowest BCUT2D eigenvalue weighted by Crippen LogP contribution is -2.03. The number of hydrogen-bond donors (Lipinski definition) is 1. The first-order valence-corrected chi connectivity index (χ1v) is 4.45. The fourth-order valence-electron chi connectivity index (χ4n) is 1.32. The van der Waals surface area contributed by atoms with Gasteiger partial charge in [-0.05, 0) is 12.1 Å². The summed E-state index contributed by atoms with van der Waals surface area (Å²) in [7, 11) is 1.49. The van der Waals surface area contributed by atoms with Gasteiger partial charge in [0.25, 0.3) is 0 Å². The molecule has 1 aromatic carbocycles. The third-order valence-corrected chi connectivity index (χ3v) is 2.32. The van der Waals surface area contributed by atoms with Gasteiger partial charge in [-0.25, -0.2) is 0 Å². The molecule has 0 atom stereocenters. The maximum atomic E-state index is 11.6. The highest BCUT2D eigenvalue weighted by atomic mass is 35.5. The molecule has 0 unspecified atom stereocenters. The molecule has 2 rings (SSSR count). The Hall–Kier alpha value is -1.48. The number of nitrogens with one attached hydrogen (secondary N) is 1. The molecule has 0 aliphatic heterocycles. The average molecular weight is 210 g/mol. The zero-order chi connectivity index (χ0) is 10.1. The molecule has 0 fully saturated rings. The number of fused-ring (bicyclic) bond motifs is 1. The van der Waals surface area contributed by atoms with Crippen molar-refractivity contribution < 1.29 is 4.74 Å². The average Bonchev–Trinajstić information content (AvgIpc) is 2.19. The van der Waals surface area contributed by atoms with Gasteiger partial charge in [-0.15, -0.1) is 0 Å². The maximum Gasteiger partial charge on any atom is 0.194 e. The number of halogens is 1. The summed E-state index contributed by atoms with van der Waals surface area (Å²) in [6.45, 7) is 0. The van der Waals surface area contributed by atoms with Crippen LogP contribution in [0.2, 0.25) is 5.02 Å². The molecule has 1 heterocycles. The van der Waals surface area contributed by atoms with Gasteiger partial charge in [0.15, 0.2) is 11.3 Å². The number of methoxy groups -OCH3 is 1. The second-order valence-corrected chi connectivity index (χ2v) is 3.27. The molecule has 1 aromatic heterocycles. The standard InChI is InChI=1S/C10H8ClNO2/c1-14-9-5-8(13)6-3-2-4-7(11)10(6)12-9/h2-5H,1H3,(H,12,13). The van der Waals surface area contributed by atoms with E-state index in [1.807, 2.05) is 0 Å². The SMILES string of the molecule is COc1cc(=O)c2cccc(Cl)c2[nH]1. The van der Waals surface area contributed by atoms with Crippen LogP contribution in [-0.2, 0) is 0 Å². The van der Waals surface area contributed by atoms with Gasteiger partial charge in [0, 0.05) is 11.5 Å². The van der Waals surface area contributed by atoms with Crippen LogP contribution in [0.4, 0.5) is 0 Å². The van der Waals surface area contributed by atoms with Gasteiger partial charge in [-0.3, -0.25) is 4.79 Å². The van der Waals surface area contributed by atoms with Crippen molar-refractivity contribution in [1.82, 2.24) is 4.98 Å². The first-order valence-electron chi connectivity index (χ1n) is 4.08. The molecule has 2 aromatic rings. The molecule has 0 bridgehead atoms. The van der Waals surface area contributed by atoms with E-state index in [1.54, 1.807) is 18.2 Å². The van der Waals surface area contributed by atoms with E-state index in [2.05, 4.69) is 4.98 Å². The first-order chi connectivity index (χ1) is 6.72. The molecule has 0 amide bonds. The van der Waals surface area contributed by atoms with Gasteiger partial charge in [0.05, 0.1) is 17.6 Å². The van der Waals surface area contributed by atoms with Crippen molar-refractivity contribution in [2.75, 3.05) is 7.11 Å². The number of ether oxygens (including phenoxy) is 1. The molecular formula is C10H8ClNO2. The Balaban J connectivity index is 2.91. The quantitative estimate of drug-likeness (QED) is 0.782. The molecule has 3 nitrogen and oxygen atoms in total. The van der Waals surface area contributed by atoms with E-state index in [4.69, 9.17) is 16.3 Å². The monoisotopic (exact) mass is 209 g/mol. The van der Waals surface area contributed by atoms with Crippen LogP contribution < -0.4 is 10.2 Å². The summed E-state index contributed by atoms with van der Waals surface area (Å²) in [5.41, 5.74) is 0.511. The Morgan fingerprint density at radius 3 is 2.93 bits per heavy atom. The van der Waals surface area contributed by atoms with Crippen molar-refractivity contribution in [3.05, 3.63) is 39.5 Å². The van der Waals surface area contributed by atoms with Crippen LogP contribution in [0.25, 0.3) is 10.9 Å². The lowest BCUT2D eigenvalue weighted by atomic mass is 10.2. The summed E-state index contributed by atoms with van der Waals surface area (Å²) in [5.74, 6) is 0.413. The molecule has 1 N–H and O–H groups in total. The number of aromatic nitrogens is 1. The Morgan fingerprint density at radius 2 is 2.21 bits per heavy atom. The number of pyridine rings is 1. The Bertz CT molecular complexity index is 533. The van der Waals surface area contributed by atoms with Crippen LogP contribution in [0.3, 0.4) is 0 Å². The molecular weight excluding hydrogens is 202 g/mol. The van der Waals surface area contributed by atoms with Gasteiger partial charge in [-0.1, -0.05) is 17.7 Å². The lowest BCUT2D eigenvalue weighted by Gasteiger charge is -2.03. The minimum absolute atomic E-state index is 0.0990. The first kappa shape index (κ1) is 9.09. The van der Waals surface area contributed by atoms with Crippen LogP contribution in [-0.4, -0.2) is 12.1 Å². The van der Waals surface area contributed by atoms with E-state index < -0.39 is 0 Å². The summed E-state index contributed by atoms with van der Waals surface area (Å²) in [6, 6.07) is 6.59. The molecule has 0 saturated carbocycles. The molecule has 0 saturated heterocycles. The van der Waals surface area contributed by atoms with Crippen LogP contribution >= 0.6 is 11.6 Å². The lowest BCUT2D eigenvalue weighted by molar-refractivity contribution is 0.399. The predicted octanol–water partition coefficient (Wildman–Crippen LogP) is 2.19. The minimum Gasteiger partial charge on any atom is -0.482 e.